The highest BCUT2D eigenvalue weighted by Crippen LogP contribution is 2.32. The van der Waals surface area contributed by atoms with Crippen molar-refractivity contribution in [1.29, 1.82) is 0 Å². The lowest BCUT2D eigenvalue weighted by Crippen LogP contribution is -2.10. The Labute approximate surface area is 235 Å². The zero-order valence-corrected chi connectivity index (χ0v) is 23.3. The third-order valence-corrected chi connectivity index (χ3v) is 8.25. The number of aryl methyl sites for hydroxylation is 2. The van der Waals surface area contributed by atoms with Crippen LogP contribution in [-0.2, 0) is 13.0 Å². The molecule has 0 spiro atoms. The van der Waals surface area contributed by atoms with Crippen molar-refractivity contribution in [3.8, 4) is 22.4 Å². The van der Waals surface area contributed by atoms with Gasteiger partial charge in [-0.25, -0.2) is 14.8 Å². The molecule has 1 aliphatic carbocycles. The molecule has 1 fully saturated rings. The van der Waals surface area contributed by atoms with Crippen LogP contribution in [0.25, 0.3) is 33.4 Å². The van der Waals surface area contributed by atoms with Crippen LogP contribution in [0, 0.1) is 6.92 Å². The van der Waals surface area contributed by atoms with E-state index in [0.29, 0.717) is 18.2 Å². The van der Waals surface area contributed by atoms with E-state index in [1.807, 2.05) is 30.6 Å². The van der Waals surface area contributed by atoms with Crippen LogP contribution < -0.4 is 0 Å². The maximum Gasteiger partial charge on any atom is 0.336 e. The number of rotatable bonds is 8. The smallest absolute Gasteiger partial charge is 0.336 e. The van der Waals surface area contributed by atoms with E-state index in [4.69, 9.17) is 9.97 Å². The van der Waals surface area contributed by atoms with Gasteiger partial charge in [0.25, 0.3) is 0 Å². The number of carboxylic acids is 1. The highest BCUT2D eigenvalue weighted by Gasteiger charge is 2.18. The van der Waals surface area contributed by atoms with E-state index in [-0.39, 0.29) is 0 Å². The lowest BCUT2D eigenvalue weighted by Gasteiger charge is -2.22. The molecular formula is C34H36N4O2. The minimum atomic E-state index is -0.913. The summed E-state index contributed by atoms with van der Waals surface area (Å²) in [6, 6.07) is 20.4. The van der Waals surface area contributed by atoms with Gasteiger partial charge in [0.1, 0.15) is 5.82 Å². The van der Waals surface area contributed by atoms with Crippen LogP contribution in [0.15, 0.2) is 73.2 Å². The van der Waals surface area contributed by atoms with Gasteiger partial charge in [-0.2, -0.15) is 0 Å². The summed E-state index contributed by atoms with van der Waals surface area (Å²) in [6.45, 7) is 5.03. The number of imidazole rings is 2. The molecule has 3 aromatic carbocycles. The zero-order chi connectivity index (χ0) is 27.6. The second-order valence-electron chi connectivity index (χ2n) is 11.1. The number of hydrogen-bond donors (Lipinski definition) is 1. The maximum atomic E-state index is 11.7. The molecule has 6 heteroatoms. The quantitative estimate of drug-likeness (QED) is 0.219. The molecular weight excluding hydrogens is 496 g/mol. The normalized spacial score (nSPS) is 14.2. The van der Waals surface area contributed by atoms with Crippen LogP contribution in [0.3, 0.4) is 0 Å². The summed E-state index contributed by atoms with van der Waals surface area (Å²) >= 11 is 0. The average molecular weight is 533 g/mol. The van der Waals surface area contributed by atoms with Crippen LogP contribution in [-0.4, -0.2) is 30.2 Å². The number of carbonyl (C=O) groups is 1. The van der Waals surface area contributed by atoms with Crippen molar-refractivity contribution in [1.82, 2.24) is 19.1 Å². The summed E-state index contributed by atoms with van der Waals surface area (Å²) < 4.78 is 4.66. The third kappa shape index (κ3) is 5.06. The minimum absolute atomic E-state index is 0.315. The van der Waals surface area contributed by atoms with Gasteiger partial charge in [-0.3, -0.25) is 0 Å². The molecule has 204 valence electrons. The molecule has 0 bridgehead atoms. The molecule has 0 saturated heterocycles. The van der Waals surface area contributed by atoms with Crippen molar-refractivity contribution in [3.05, 3.63) is 95.7 Å². The first-order chi connectivity index (χ1) is 19.5. The van der Waals surface area contributed by atoms with Crippen molar-refractivity contribution >= 4 is 17.0 Å². The first-order valence-corrected chi connectivity index (χ1v) is 14.5. The van der Waals surface area contributed by atoms with E-state index in [9.17, 15) is 9.90 Å². The van der Waals surface area contributed by atoms with E-state index in [0.717, 1.165) is 63.2 Å². The average Bonchev–Trinajstić information content (AvgIpc) is 3.60. The molecule has 0 unspecified atom stereocenters. The number of fused-ring (bicyclic) bond motifs is 1. The molecule has 6 rings (SSSR count). The molecule has 1 aliphatic rings. The van der Waals surface area contributed by atoms with Crippen molar-refractivity contribution in [2.45, 2.75) is 71.4 Å². The number of benzene rings is 3. The Morgan fingerprint density at radius 1 is 1.00 bits per heavy atom. The topological polar surface area (TPSA) is 72.9 Å². The molecule has 1 saturated carbocycles. The Morgan fingerprint density at radius 2 is 1.77 bits per heavy atom. The molecule has 1 N–H and O–H groups in total. The zero-order valence-electron chi connectivity index (χ0n) is 23.3. The summed E-state index contributed by atoms with van der Waals surface area (Å²) in [5.74, 6) is 0.175. The molecule has 0 amide bonds. The monoisotopic (exact) mass is 532 g/mol. The summed E-state index contributed by atoms with van der Waals surface area (Å²) in [5.41, 5.74) is 8.58. The number of carboxylic acid groups (broad SMARTS) is 1. The number of nitrogens with zero attached hydrogens (tertiary/aromatic N) is 4. The van der Waals surface area contributed by atoms with Gasteiger partial charge in [0.05, 0.1) is 28.6 Å². The SMILES string of the molecule is CCCc1nc2c(C)cc(-c3cn(C4CCCCC4)cn3)cc2n1Cc1ccc(-c2ccccc2C(=O)O)cc1. The Balaban J connectivity index is 1.34. The summed E-state index contributed by atoms with van der Waals surface area (Å²) in [4.78, 5) is 21.6. The molecule has 0 radical (unpaired) electrons. The Kier molecular flexibility index (Phi) is 7.25. The molecule has 40 heavy (non-hydrogen) atoms. The van der Waals surface area contributed by atoms with Gasteiger partial charge in [-0.1, -0.05) is 68.7 Å². The van der Waals surface area contributed by atoms with Crippen LogP contribution in [0.4, 0.5) is 0 Å². The Bertz CT molecular complexity index is 1660. The van der Waals surface area contributed by atoms with Crippen LogP contribution in [0.2, 0.25) is 0 Å². The lowest BCUT2D eigenvalue weighted by molar-refractivity contribution is 0.0697. The fourth-order valence-corrected chi connectivity index (χ4v) is 6.14. The summed E-state index contributed by atoms with van der Waals surface area (Å²) in [5, 5.41) is 9.61. The first kappa shape index (κ1) is 26.1. The molecule has 2 aromatic heterocycles. The first-order valence-electron chi connectivity index (χ1n) is 14.5. The summed E-state index contributed by atoms with van der Waals surface area (Å²) in [6.07, 6.45) is 12.6. The van der Waals surface area contributed by atoms with E-state index < -0.39 is 5.97 Å². The van der Waals surface area contributed by atoms with E-state index >= 15 is 0 Å². The fourth-order valence-electron chi connectivity index (χ4n) is 6.14. The van der Waals surface area contributed by atoms with E-state index in [2.05, 4.69) is 53.4 Å². The van der Waals surface area contributed by atoms with Gasteiger partial charge >= 0.3 is 5.97 Å². The summed E-state index contributed by atoms with van der Waals surface area (Å²) in [7, 11) is 0. The molecule has 0 atom stereocenters. The Hall–Kier alpha value is -4.19. The second kappa shape index (κ2) is 11.1. The fraction of sp³-hybridized carbons (Fsp3) is 0.324. The standard InChI is InChI=1S/C34H36N4O2/c1-3-9-32-36-33-23(2)18-26(30-21-37(22-35-30)27-10-5-4-6-11-27)19-31(33)38(32)20-24-14-16-25(17-15-24)28-12-7-8-13-29(28)34(39)40/h7-8,12-19,21-22,27H,3-6,9-11,20H2,1-2H3,(H,39,40). The van der Waals surface area contributed by atoms with Gasteiger partial charge in [-0.05, 0) is 66.6 Å². The van der Waals surface area contributed by atoms with E-state index in [1.54, 1.807) is 12.1 Å². The van der Waals surface area contributed by atoms with Gasteiger partial charge in [0.15, 0.2) is 0 Å². The minimum Gasteiger partial charge on any atom is -0.478 e. The number of aromatic carboxylic acids is 1. The maximum absolute atomic E-state index is 11.7. The van der Waals surface area contributed by atoms with Gasteiger partial charge in [0, 0.05) is 30.8 Å². The van der Waals surface area contributed by atoms with Gasteiger partial charge < -0.3 is 14.2 Å². The highest BCUT2D eigenvalue weighted by molar-refractivity contribution is 5.96. The highest BCUT2D eigenvalue weighted by atomic mass is 16.4. The molecule has 5 aromatic rings. The van der Waals surface area contributed by atoms with Crippen LogP contribution in [0.1, 0.15) is 78.8 Å². The lowest BCUT2D eigenvalue weighted by atomic mass is 9.95. The second-order valence-corrected chi connectivity index (χ2v) is 11.1. The van der Waals surface area contributed by atoms with Gasteiger partial charge in [0.2, 0.25) is 0 Å². The van der Waals surface area contributed by atoms with Crippen LogP contribution in [0.5, 0.6) is 0 Å². The molecule has 2 heterocycles. The van der Waals surface area contributed by atoms with Gasteiger partial charge in [-0.15, -0.1) is 0 Å². The van der Waals surface area contributed by atoms with Crippen molar-refractivity contribution in [3.63, 3.8) is 0 Å². The largest absolute Gasteiger partial charge is 0.478 e. The predicted octanol–water partition coefficient (Wildman–Crippen LogP) is 8.08. The number of hydrogen-bond acceptors (Lipinski definition) is 3. The van der Waals surface area contributed by atoms with Crippen molar-refractivity contribution < 1.29 is 9.90 Å². The van der Waals surface area contributed by atoms with E-state index in [1.165, 1.54) is 32.1 Å². The molecule has 0 aliphatic heterocycles. The van der Waals surface area contributed by atoms with Crippen molar-refractivity contribution in [2.75, 3.05) is 0 Å². The Morgan fingerprint density at radius 3 is 2.52 bits per heavy atom. The predicted molar refractivity (Wildman–Crippen MR) is 160 cm³/mol. The number of aromatic nitrogens is 4. The third-order valence-electron chi connectivity index (χ3n) is 8.25. The molecule has 6 nitrogen and oxygen atoms in total. The van der Waals surface area contributed by atoms with Crippen LogP contribution >= 0.6 is 0 Å². The van der Waals surface area contributed by atoms with Crippen molar-refractivity contribution in [2.24, 2.45) is 0 Å².